The quantitative estimate of drug-likeness (QED) is 0.135. The summed E-state index contributed by atoms with van der Waals surface area (Å²) >= 11 is 0. The van der Waals surface area contributed by atoms with E-state index in [-0.39, 0.29) is 19.4 Å². The van der Waals surface area contributed by atoms with Crippen LogP contribution in [-0.4, -0.2) is 53.8 Å². The van der Waals surface area contributed by atoms with E-state index in [0.717, 1.165) is 11.1 Å². The molecule has 0 unspecified atom stereocenters. The van der Waals surface area contributed by atoms with Crippen molar-refractivity contribution in [1.82, 2.24) is 10.9 Å². The highest BCUT2D eigenvalue weighted by atomic mass is 16.6. The number of aliphatic hydroxyl groups is 1. The van der Waals surface area contributed by atoms with E-state index in [1.165, 1.54) is 5.56 Å². The van der Waals surface area contributed by atoms with Crippen molar-refractivity contribution in [2.75, 3.05) is 19.8 Å². The number of hydrazine groups is 1. The Morgan fingerprint density at radius 1 is 1.00 bits per heavy atom. The lowest BCUT2D eigenvalue weighted by Crippen LogP contribution is -2.53. The molecule has 0 aliphatic carbocycles. The van der Waals surface area contributed by atoms with E-state index in [0.29, 0.717) is 43.2 Å². The number of benzene rings is 3. The number of ether oxygens (including phenoxy) is 3. The van der Waals surface area contributed by atoms with E-state index < -0.39 is 29.1 Å². The third-order valence-corrected chi connectivity index (χ3v) is 7.12. The normalized spacial score (nSPS) is 17.8. The summed E-state index contributed by atoms with van der Waals surface area (Å²) in [4.78, 5) is 31.9. The van der Waals surface area contributed by atoms with E-state index in [1.807, 2.05) is 70.2 Å². The first-order chi connectivity index (χ1) is 21.1. The molecular formula is C35H43N3O6. The van der Waals surface area contributed by atoms with Gasteiger partial charge in [0.25, 0.3) is 5.91 Å². The molecule has 3 N–H and O–H groups in total. The van der Waals surface area contributed by atoms with Crippen LogP contribution >= 0.6 is 0 Å². The lowest BCUT2D eigenvalue weighted by molar-refractivity contribution is -0.155. The fourth-order valence-corrected chi connectivity index (χ4v) is 4.90. The second kappa shape index (κ2) is 15.0. The van der Waals surface area contributed by atoms with Gasteiger partial charge >= 0.3 is 5.97 Å². The van der Waals surface area contributed by atoms with Crippen molar-refractivity contribution in [3.05, 3.63) is 101 Å². The number of nitrogens with zero attached hydrogens (tertiary/aromatic N) is 1. The van der Waals surface area contributed by atoms with Gasteiger partial charge in [0.2, 0.25) is 5.90 Å². The number of carbonyl (C=O) groups is 2. The zero-order valence-corrected chi connectivity index (χ0v) is 26.0. The van der Waals surface area contributed by atoms with E-state index in [9.17, 15) is 9.59 Å². The van der Waals surface area contributed by atoms with Crippen LogP contribution in [0, 0.1) is 6.92 Å². The van der Waals surface area contributed by atoms with Crippen molar-refractivity contribution in [3.8, 4) is 5.75 Å². The van der Waals surface area contributed by atoms with Crippen molar-refractivity contribution in [2.24, 2.45) is 4.99 Å². The summed E-state index contributed by atoms with van der Waals surface area (Å²) in [5.41, 5.74) is 7.56. The first-order valence-corrected chi connectivity index (χ1v) is 15.1. The summed E-state index contributed by atoms with van der Waals surface area (Å²) in [7, 11) is 0. The molecule has 3 aromatic carbocycles. The van der Waals surface area contributed by atoms with Crippen LogP contribution in [0.5, 0.6) is 5.75 Å². The molecule has 1 aliphatic heterocycles. The number of nitrogens with one attached hydrogen (secondary N) is 2. The molecule has 9 heteroatoms. The lowest BCUT2D eigenvalue weighted by Gasteiger charge is -2.31. The van der Waals surface area contributed by atoms with Crippen LogP contribution in [0.15, 0.2) is 83.9 Å². The number of carbonyl (C=O) groups excluding carboxylic acids is 2. The zero-order valence-electron chi connectivity index (χ0n) is 26.0. The van der Waals surface area contributed by atoms with Gasteiger partial charge in [0.1, 0.15) is 11.4 Å². The Labute approximate surface area is 259 Å². The molecule has 1 heterocycles. The van der Waals surface area contributed by atoms with E-state index in [2.05, 4.69) is 35.1 Å². The van der Waals surface area contributed by atoms with Crippen molar-refractivity contribution < 1.29 is 28.9 Å². The topological polar surface area (TPSA) is 118 Å². The van der Waals surface area contributed by atoms with E-state index in [4.69, 9.17) is 24.3 Å². The summed E-state index contributed by atoms with van der Waals surface area (Å²) in [5.74, 6) is 0.112. The maximum Gasteiger partial charge on any atom is 0.306 e. The zero-order chi connectivity index (χ0) is 31.6. The van der Waals surface area contributed by atoms with Gasteiger partial charge < -0.3 is 19.3 Å². The largest absolute Gasteiger partial charge is 0.494 e. The predicted octanol–water partition coefficient (Wildman–Crippen LogP) is 5.00. The van der Waals surface area contributed by atoms with Crippen LogP contribution in [0.2, 0.25) is 0 Å². The minimum atomic E-state index is -1.46. The van der Waals surface area contributed by atoms with Crippen LogP contribution in [-0.2, 0) is 25.5 Å². The monoisotopic (exact) mass is 601 g/mol. The number of aliphatic imine (C=N–C) groups is 1. The Hall–Kier alpha value is -4.21. The minimum Gasteiger partial charge on any atom is -0.494 e. The molecule has 4 rings (SSSR count). The Bertz CT molecular complexity index is 1400. The summed E-state index contributed by atoms with van der Waals surface area (Å²) < 4.78 is 17.7. The summed E-state index contributed by atoms with van der Waals surface area (Å²) in [5, 5.41) is 9.03. The summed E-state index contributed by atoms with van der Waals surface area (Å²) in [6.45, 7) is 8.43. The van der Waals surface area contributed by atoms with Gasteiger partial charge in [-0.05, 0) is 75.9 Å². The van der Waals surface area contributed by atoms with Crippen molar-refractivity contribution in [3.63, 3.8) is 0 Å². The van der Waals surface area contributed by atoms with Crippen LogP contribution in [0.4, 0.5) is 0 Å². The molecule has 0 fully saturated rings. The fourth-order valence-electron chi connectivity index (χ4n) is 4.90. The Kier molecular flexibility index (Phi) is 11.1. The summed E-state index contributed by atoms with van der Waals surface area (Å²) in [6, 6.07) is 24.9. The van der Waals surface area contributed by atoms with Gasteiger partial charge in [-0.25, -0.2) is 10.4 Å². The van der Waals surface area contributed by atoms with Crippen molar-refractivity contribution in [2.45, 2.75) is 70.6 Å². The smallest absolute Gasteiger partial charge is 0.306 e. The Balaban J connectivity index is 1.61. The third kappa shape index (κ3) is 8.90. The molecule has 0 aromatic heterocycles. The van der Waals surface area contributed by atoms with Gasteiger partial charge in [-0.2, -0.15) is 0 Å². The van der Waals surface area contributed by atoms with E-state index in [1.54, 1.807) is 12.1 Å². The number of hydrogen-bond donors (Lipinski definition) is 3. The first kappa shape index (κ1) is 32.7. The third-order valence-electron chi connectivity index (χ3n) is 7.12. The van der Waals surface area contributed by atoms with Gasteiger partial charge in [-0.1, -0.05) is 60.2 Å². The number of hydrogen-bond acceptors (Lipinski definition) is 8. The number of rotatable bonds is 14. The molecule has 0 saturated carbocycles. The predicted molar refractivity (Wildman–Crippen MR) is 169 cm³/mol. The molecule has 0 bridgehead atoms. The highest BCUT2D eigenvalue weighted by Crippen LogP contribution is 2.43. The SMILES string of the molecule is Cc1ccc(CCNNC(=O)[C@@]2(CCC(=O)OC(C)(C)C)N=C(c3ccc(OCCCO)cc3)O[C@H]2c2ccccc2)cc1. The molecule has 9 nitrogen and oxygen atoms in total. The van der Waals surface area contributed by atoms with Gasteiger partial charge in [0.15, 0.2) is 11.6 Å². The van der Waals surface area contributed by atoms with Gasteiger partial charge in [0, 0.05) is 31.6 Å². The van der Waals surface area contributed by atoms with Gasteiger partial charge in [0.05, 0.1) is 6.61 Å². The number of aryl methyl sites for hydroxylation is 1. The lowest BCUT2D eigenvalue weighted by atomic mass is 9.83. The molecule has 234 valence electrons. The molecule has 0 spiro atoms. The molecule has 2 atom stereocenters. The molecule has 1 aliphatic rings. The average molecular weight is 602 g/mol. The highest BCUT2D eigenvalue weighted by molar-refractivity contribution is 6.01. The van der Waals surface area contributed by atoms with Crippen molar-refractivity contribution in [1.29, 1.82) is 0 Å². The van der Waals surface area contributed by atoms with Crippen molar-refractivity contribution >= 4 is 17.8 Å². The Morgan fingerprint density at radius 3 is 2.36 bits per heavy atom. The number of esters is 1. The highest BCUT2D eigenvalue weighted by Gasteiger charge is 2.53. The van der Waals surface area contributed by atoms with Crippen LogP contribution in [0.25, 0.3) is 0 Å². The van der Waals surface area contributed by atoms with Crippen LogP contribution in [0.3, 0.4) is 0 Å². The summed E-state index contributed by atoms with van der Waals surface area (Å²) in [6.07, 6.45) is 0.491. The Morgan fingerprint density at radius 2 is 1.70 bits per heavy atom. The maximum absolute atomic E-state index is 14.1. The maximum atomic E-state index is 14.1. The standard InChI is InChI=1S/C35H43N3O6/c1-25-11-13-26(14-12-25)20-22-36-38-33(41)35(21-19-30(40)44-34(2,3)4)31(27-9-6-5-7-10-27)43-32(37-35)28-15-17-29(18-16-28)42-24-8-23-39/h5-7,9-18,31,36,39H,8,19-24H2,1-4H3,(H,38,41)/t31-,35-/m0/s1. The first-order valence-electron chi connectivity index (χ1n) is 15.1. The molecule has 44 heavy (non-hydrogen) atoms. The molecule has 1 amide bonds. The van der Waals surface area contributed by atoms with Gasteiger partial charge in [-0.15, -0.1) is 0 Å². The molecule has 3 aromatic rings. The average Bonchev–Trinajstić information content (AvgIpc) is 3.40. The van der Waals surface area contributed by atoms with Crippen LogP contribution < -0.4 is 15.6 Å². The molecule has 0 saturated heterocycles. The second-order valence-corrected chi connectivity index (χ2v) is 11.9. The van der Waals surface area contributed by atoms with Crippen LogP contribution in [0.1, 0.15) is 68.4 Å². The number of aliphatic hydroxyl groups excluding tert-OH is 1. The molecule has 0 radical (unpaired) electrons. The number of amides is 1. The van der Waals surface area contributed by atoms with Gasteiger partial charge in [-0.3, -0.25) is 15.0 Å². The molecular weight excluding hydrogens is 558 g/mol. The second-order valence-electron chi connectivity index (χ2n) is 11.9. The fraction of sp³-hybridized carbons (Fsp3) is 0.400. The minimum absolute atomic E-state index is 0.0326. The van der Waals surface area contributed by atoms with E-state index >= 15 is 0 Å².